The van der Waals surface area contributed by atoms with Gasteiger partial charge in [-0.3, -0.25) is 9.69 Å². The van der Waals surface area contributed by atoms with Crippen LogP contribution < -0.4 is 9.64 Å². The van der Waals surface area contributed by atoms with E-state index < -0.39 is 5.91 Å². The van der Waals surface area contributed by atoms with Crippen LogP contribution in [0.25, 0.3) is 0 Å². The highest BCUT2D eigenvalue weighted by atomic mass is 16.5. The molecular formula is C12H14N2O2. The lowest BCUT2D eigenvalue weighted by molar-refractivity contribution is -0.113. The van der Waals surface area contributed by atoms with Gasteiger partial charge in [0.2, 0.25) is 0 Å². The van der Waals surface area contributed by atoms with Crippen LogP contribution in [0, 0.1) is 11.3 Å². The summed E-state index contributed by atoms with van der Waals surface area (Å²) in [5, 5.41) is 8.57. The van der Waals surface area contributed by atoms with Crippen LogP contribution in [0.1, 0.15) is 12.5 Å². The Hall–Kier alpha value is -2.02. The third kappa shape index (κ3) is 2.31. The average molecular weight is 218 g/mol. The predicted octanol–water partition coefficient (Wildman–Crippen LogP) is 1.74. The molecule has 1 aromatic carbocycles. The van der Waals surface area contributed by atoms with Crippen molar-refractivity contribution in [2.24, 2.45) is 0 Å². The molecule has 0 fully saturated rings. The van der Waals surface area contributed by atoms with Gasteiger partial charge in [0.25, 0.3) is 0 Å². The number of carbonyl (C=O) groups excluding carboxylic acids is 1. The van der Waals surface area contributed by atoms with Crippen molar-refractivity contribution in [1.82, 2.24) is 0 Å². The van der Waals surface area contributed by atoms with Crippen molar-refractivity contribution in [3.05, 3.63) is 23.8 Å². The molecule has 0 bridgehead atoms. The van der Waals surface area contributed by atoms with E-state index >= 15 is 0 Å². The number of nitrogens with zero attached hydrogens (tertiary/aromatic N) is 2. The highest BCUT2D eigenvalue weighted by molar-refractivity contribution is 6.04. The molecule has 4 nitrogen and oxygen atoms in total. The fraction of sp³-hybridized carbons (Fsp3) is 0.333. The van der Waals surface area contributed by atoms with E-state index in [9.17, 15) is 4.79 Å². The molecule has 1 amide bonds. The molecule has 84 valence electrons. The first-order valence-electron chi connectivity index (χ1n) is 4.98. The number of nitriles is 1. The SMILES string of the molecule is CCc1ccc(OC)c(N(C)C(=O)C#N)c1. The molecule has 4 heteroatoms. The number of ether oxygens (including phenoxy) is 1. The summed E-state index contributed by atoms with van der Waals surface area (Å²) in [5.74, 6) is -0.0187. The summed E-state index contributed by atoms with van der Waals surface area (Å²) in [7, 11) is 3.10. The van der Waals surface area contributed by atoms with Crippen LogP contribution in [-0.2, 0) is 11.2 Å². The molecule has 0 aliphatic rings. The molecule has 0 atom stereocenters. The summed E-state index contributed by atoms with van der Waals surface area (Å²) in [6.45, 7) is 2.03. The first-order valence-corrected chi connectivity index (χ1v) is 4.98. The molecule has 0 heterocycles. The number of hydrogen-bond acceptors (Lipinski definition) is 3. The standard InChI is InChI=1S/C12H14N2O2/c1-4-9-5-6-11(16-3)10(7-9)14(2)12(15)8-13/h5-7H,4H2,1-3H3. The number of amides is 1. The Labute approximate surface area is 95.0 Å². The smallest absolute Gasteiger partial charge is 0.329 e. The zero-order valence-corrected chi connectivity index (χ0v) is 9.65. The van der Waals surface area contributed by atoms with E-state index in [2.05, 4.69) is 0 Å². The van der Waals surface area contributed by atoms with Crippen molar-refractivity contribution in [3.63, 3.8) is 0 Å². The average Bonchev–Trinajstić information content (AvgIpc) is 2.35. The number of methoxy groups -OCH3 is 1. The van der Waals surface area contributed by atoms with Crippen molar-refractivity contribution in [3.8, 4) is 11.8 Å². The third-order valence-electron chi connectivity index (χ3n) is 2.41. The summed E-state index contributed by atoms with van der Waals surface area (Å²) in [6.07, 6.45) is 0.867. The minimum absolute atomic E-state index is 0.586. The third-order valence-corrected chi connectivity index (χ3v) is 2.41. The lowest BCUT2D eigenvalue weighted by atomic mass is 10.1. The van der Waals surface area contributed by atoms with E-state index in [1.54, 1.807) is 19.2 Å². The van der Waals surface area contributed by atoms with Gasteiger partial charge in [0, 0.05) is 7.05 Å². The number of hydrogen-bond donors (Lipinski definition) is 0. The summed E-state index contributed by atoms with van der Waals surface area (Å²) >= 11 is 0. The molecule has 0 aliphatic heterocycles. The van der Waals surface area contributed by atoms with Gasteiger partial charge in [-0.1, -0.05) is 13.0 Å². The Morgan fingerprint density at radius 3 is 2.75 bits per heavy atom. The molecular weight excluding hydrogens is 204 g/mol. The van der Waals surface area contributed by atoms with Crippen molar-refractivity contribution < 1.29 is 9.53 Å². The number of aryl methyl sites for hydroxylation is 1. The molecule has 0 radical (unpaired) electrons. The number of carbonyl (C=O) groups is 1. The summed E-state index contributed by atoms with van der Waals surface area (Å²) < 4.78 is 5.16. The molecule has 0 aromatic heterocycles. The number of benzene rings is 1. The van der Waals surface area contributed by atoms with Gasteiger partial charge in [-0.15, -0.1) is 0 Å². The minimum Gasteiger partial charge on any atom is -0.495 e. The highest BCUT2D eigenvalue weighted by Gasteiger charge is 2.14. The monoisotopic (exact) mass is 218 g/mol. The van der Waals surface area contributed by atoms with E-state index in [4.69, 9.17) is 10.00 Å². The fourth-order valence-corrected chi connectivity index (χ4v) is 1.40. The molecule has 0 N–H and O–H groups in total. The van der Waals surface area contributed by atoms with E-state index in [0.29, 0.717) is 11.4 Å². The molecule has 1 aromatic rings. The second-order valence-electron chi connectivity index (χ2n) is 3.34. The zero-order valence-electron chi connectivity index (χ0n) is 9.65. The van der Waals surface area contributed by atoms with E-state index in [0.717, 1.165) is 12.0 Å². The van der Waals surface area contributed by atoms with Gasteiger partial charge in [-0.2, -0.15) is 5.26 Å². The zero-order chi connectivity index (χ0) is 12.1. The van der Waals surface area contributed by atoms with Gasteiger partial charge in [-0.05, 0) is 24.1 Å². The van der Waals surface area contributed by atoms with Gasteiger partial charge in [0.05, 0.1) is 12.8 Å². The van der Waals surface area contributed by atoms with Gasteiger partial charge in [0.15, 0.2) is 6.07 Å². The maximum atomic E-state index is 11.3. The van der Waals surface area contributed by atoms with Gasteiger partial charge in [-0.25, -0.2) is 0 Å². The molecule has 0 saturated heterocycles. The highest BCUT2D eigenvalue weighted by Crippen LogP contribution is 2.28. The van der Waals surface area contributed by atoms with Gasteiger partial charge < -0.3 is 4.74 Å². The minimum atomic E-state index is -0.605. The number of rotatable bonds is 3. The first kappa shape index (κ1) is 12.1. The van der Waals surface area contributed by atoms with Crippen LogP contribution in [0.4, 0.5) is 5.69 Å². The maximum Gasteiger partial charge on any atom is 0.329 e. The Morgan fingerprint density at radius 1 is 1.56 bits per heavy atom. The molecule has 0 spiro atoms. The Balaban J connectivity index is 3.19. The van der Waals surface area contributed by atoms with Crippen LogP contribution in [-0.4, -0.2) is 20.1 Å². The first-order chi connectivity index (χ1) is 7.63. The molecule has 0 unspecified atom stereocenters. The van der Waals surface area contributed by atoms with E-state index in [1.165, 1.54) is 12.0 Å². The van der Waals surface area contributed by atoms with E-state index in [1.807, 2.05) is 19.1 Å². The van der Waals surface area contributed by atoms with Crippen LogP contribution >= 0.6 is 0 Å². The van der Waals surface area contributed by atoms with Gasteiger partial charge >= 0.3 is 5.91 Å². The summed E-state index contributed by atoms with van der Waals surface area (Å²) in [4.78, 5) is 12.6. The van der Waals surface area contributed by atoms with Gasteiger partial charge in [0.1, 0.15) is 5.75 Å². The van der Waals surface area contributed by atoms with Crippen molar-refractivity contribution in [2.45, 2.75) is 13.3 Å². The molecule has 1 rings (SSSR count). The Kier molecular flexibility index (Phi) is 3.90. The van der Waals surface area contributed by atoms with Crippen LogP contribution in [0.5, 0.6) is 5.75 Å². The molecule has 16 heavy (non-hydrogen) atoms. The van der Waals surface area contributed by atoms with Crippen molar-refractivity contribution in [1.29, 1.82) is 5.26 Å². The lowest BCUT2D eigenvalue weighted by Gasteiger charge is -2.17. The normalized spacial score (nSPS) is 9.38. The van der Waals surface area contributed by atoms with Crippen LogP contribution in [0.15, 0.2) is 18.2 Å². The number of anilines is 1. The second kappa shape index (κ2) is 5.17. The quantitative estimate of drug-likeness (QED) is 0.726. The maximum absolute atomic E-state index is 11.3. The van der Waals surface area contributed by atoms with E-state index in [-0.39, 0.29) is 0 Å². The summed E-state index contributed by atoms with van der Waals surface area (Å²) in [6, 6.07) is 7.18. The van der Waals surface area contributed by atoms with Crippen molar-refractivity contribution >= 4 is 11.6 Å². The second-order valence-corrected chi connectivity index (χ2v) is 3.34. The van der Waals surface area contributed by atoms with Crippen molar-refractivity contribution in [2.75, 3.05) is 19.1 Å². The fourth-order valence-electron chi connectivity index (χ4n) is 1.40. The van der Waals surface area contributed by atoms with Crippen LogP contribution in [0.2, 0.25) is 0 Å². The molecule has 0 aliphatic carbocycles. The van der Waals surface area contributed by atoms with Crippen LogP contribution in [0.3, 0.4) is 0 Å². The largest absolute Gasteiger partial charge is 0.495 e. The molecule has 0 saturated carbocycles. The predicted molar refractivity (Wildman–Crippen MR) is 61.4 cm³/mol. The lowest BCUT2D eigenvalue weighted by Crippen LogP contribution is -2.24. The topological polar surface area (TPSA) is 53.3 Å². The Morgan fingerprint density at radius 2 is 2.25 bits per heavy atom. The Bertz CT molecular complexity index is 435. The summed E-state index contributed by atoms with van der Waals surface area (Å²) in [5.41, 5.74) is 1.71.